The van der Waals surface area contributed by atoms with Gasteiger partial charge in [0, 0.05) is 18.3 Å². The van der Waals surface area contributed by atoms with Crippen molar-refractivity contribution in [3.8, 4) is 11.3 Å². The number of amides is 1. The van der Waals surface area contributed by atoms with Crippen LogP contribution >= 0.6 is 0 Å². The van der Waals surface area contributed by atoms with E-state index in [1.165, 1.54) is 54.2 Å². The Morgan fingerprint density at radius 2 is 1.77 bits per heavy atom. The molecule has 0 saturated carbocycles. The number of carbonyl (C=O) groups excluding carboxylic acids is 1. The van der Waals surface area contributed by atoms with E-state index in [2.05, 4.69) is 10.4 Å². The highest BCUT2D eigenvalue weighted by Gasteiger charge is 2.30. The van der Waals surface area contributed by atoms with Crippen LogP contribution in [0.1, 0.15) is 16.1 Å². The van der Waals surface area contributed by atoms with E-state index in [0.717, 1.165) is 12.1 Å². The van der Waals surface area contributed by atoms with Crippen LogP contribution in [0.15, 0.2) is 54.6 Å². The molecule has 0 aliphatic rings. The Hall–Kier alpha value is -3.16. The number of nitrogens with one attached hydrogen (secondary N) is 1. The molecule has 1 N–H and O–H groups in total. The molecular formula is C18H13F4N3O. The van der Waals surface area contributed by atoms with Gasteiger partial charge in [0.2, 0.25) is 0 Å². The van der Waals surface area contributed by atoms with Gasteiger partial charge in [-0.1, -0.05) is 6.07 Å². The van der Waals surface area contributed by atoms with E-state index in [1.54, 1.807) is 0 Å². The molecule has 0 saturated heterocycles. The molecule has 3 aromatic rings. The average molecular weight is 363 g/mol. The van der Waals surface area contributed by atoms with E-state index in [9.17, 15) is 22.4 Å². The number of aromatic nitrogens is 2. The van der Waals surface area contributed by atoms with E-state index in [-0.39, 0.29) is 11.4 Å². The summed E-state index contributed by atoms with van der Waals surface area (Å²) in [7, 11) is 1.54. The lowest BCUT2D eigenvalue weighted by Gasteiger charge is -2.09. The van der Waals surface area contributed by atoms with Crippen LogP contribution in [-0.2, 0) is 13.2 Å². The Kier molecular flexibility index (Phi) is 4.50. The molecule has 8 heteroatoms. The lowest BCUT2D eigenvalue weighted by molar-refractivity contribution is -0.137. The second kappa shape index (κ2) is 6.62. The zero-order valence-electron chi connectivity index (χ0n) is 13.5. The first-order valence-electron chi connectivity index (χ1n) is 7.52. The molecule has 0 radical (unpaired) electrons. The fourth-order valence-corrected chi connectivity index (χ4v) is 2.41. The molecule has 1 heterocycles. The number of halogens is 4. The molecule has 4 nitrogen and oxygen atoms in total. The standard InChI is InChI=1S/C18H13F4N3O/c1-25-16(10-15(24-25)11-5-7-13(19)8-6-11)17(26)23-14-4-2-3-12(9-14)18(20,21)22/h2-10H,1H3,(H,23,26). The predicted molar refractivity (Wildman–Crippen MR) is 88.0 cm³/mol. The first-order valence-corrected chi connectivity index (χ1v) is 7.52. The quantitative estimate of drug-likeness (QED) is 0.697. The van der Waals surface area contributed by atoms with Crippen molar-refractivity contribution in [1.82, 2.24) is 9.78 Å². The van der Waals surface area contributed by atoms with Crippen molar-refractivity contribution in [3.63, 3.8) is 0 Å². The van der Waals surface area contributed by atoms with Gasteiger partial charge in [-0.15, -0.1) is 0 Å². The van der Waals surface area contributed by atoms with Gasteiger partial charge in [-0.05, 0) is 48.5 Å². The summed E-state index contributed by atoms with van der Waals surface area (Å²) in [5.41, 5.74) is 0.380. The number of anilines is 1. The van der Waals surface area contributed by atoms with Crippen molar-refractivity contribution in [2.75, 3.05) is 5.32 Å². The molecule has 0 spiro atoms. The van der Waals surface area contributed by atoms with Crippen LogP contribution in [0, 0.1) is 5.82 Å². The molecule has 0 aliphatic carbocycles. The van der Waals surface area contributed by atoms with Gasteiger partial charge in [0.25, 0.3) is 5.91 Å². The molecule has 0 aliphatic heterocycles. The summed E-state index contributed by atoms with van der Waals surface area (Å²) in [4.78, 5) is 12.4. The number of nitrogens with zero attached hydrogens (tertiary/aromatic N) is 2. The maximum absolute atomic E-state index is 13.0. The summed E-state index contributed by atoms with van der Waals surface area (Å²) in [5.74, 6) is -1.00. The van der Waals surface area contributed by atoms with Crippen LogP contribution in [0.4, 0.5) is 23.2 Å². The molecule has 134 valence electrons. The maximum atomic E-state index is 13.0. The molecule has 0 atom stereocenters. The van der Waals surface area contributed by atoms with E-state index in [0.29, 0.717) is 11.3 Å². The van der Waals surface area contributed by atoms with Crippen molar-refractivity contribution in [2.24, 2.45) is 7.05 Å². The van der Waals surface area contributed by atoms with Crippen LogP contribution in [-0.4, -0.2) is 15.7 Å². The Labute approximate surface area is 146 Å². The van der Waals surface area contributed by atoms with Crippen molar-refractivity contribution in [2.45, 2.75) is 6.18 Å². The molecule has 0 unspecified atom stereocenters. The highest BCUT2D eigenvalue weighted by Crippen LogP contribution is 2.30. The Morgan fingerprint density at radius 3 is 2.42 bits per heavy atom. The lowest BCUT2D eigenvalue weighted by atomic mass is 10.1. The zero-order valence-corrected chi connectivity index (χ0v) is 13.5. The van der Waals surface area contributed by atoms with Crippen molar-refractivity contribution in [3.05, 3.63) is 71.7 Å². The highest BCUT2D eigenvalue weighted by molar-refractivity contribution is 6.03. The first-order chi connectivity index (χ1) is 12.2. The van der Waals surface area contributed by atoms with E-state index >= 15 is 0 Å². The summed E-state index contributed by atoms with van der Waals surface area (Å²) >= 11 is 0. The molecule has 26 heavy (non-hydrogen) atoms. The van der Waals surface area contributed by atoms with Crippen molar-refractivity contribution >= 4 is 11.6 Å². The second-order valence-electron chi connectivity index (χ2n) is 5.58. The molecule has 2 aromatic carbocycles. The maximum Gasteiger partial charge on any atom is 0.416 e. The summed E-state index contributed by atoms with van der Waals surface area (Å²) < 4.78 is 52.6. The third-order valence-corrected chi connectivity index (χ3v) is 3.70. The molecule has 1 aromatic heterocycles. The SMILES string of the molecule is Cn1nc(-c2ccc(F)cc2)cc1C(=O)Nc1cccc(C(F)(F)F)c1. The molecule has 3 rings (SSSR count). The molecule has 1 amide bonds. The van der Waals surface area contributed by atoms with Crippen LogP contribution < -0.4 is 5.32 Å². The summed E-state index contributed by atoms with van der Waals surface area (Å²) in [6.07, 6.45) is -4.50. The normalized spacial score (nSPS) is 11.4. The van der Waals surface area contributed by atoms with Gasteiger partial charge in [0.1, 0.15) is 11.5 Å². The van der Waals surface area contributed by atoms with Gasteiger partial charge < -0.3 is 5.32 Å². The minimum Gasteiger partial charge on any atom is -0.321 e. The number of hydrogen-bond acceptors (Lipinski definition) is 2. The number of rotatable bonds is 3. The number of carbonyl (C=O) groups is 1. The van der Waals surface area contributed by atoms with Gasteiger partial charge in [-0.3, -0.25) is 9.48 Å². The largest absolute Gasteiger partial charge is 0.416 e. The second-order valence-corrected chi connectivity index (χ2v) is 5.58. The number of benzene rings is 2. The average Bonchev–Trinajstić information content (AvgIpc) is 2.97. The topological polar surface area (TPSA) is 46.9 Å². The molecular weight excluding hydrogens is 350 g/mol. The van der Waals surface area contributed by atoms with E-state index < -0.39 is 23.5 Å². The summed E-state index contributed by atoms with van der Waals surface area (Å²) in [6, 6.07) is 11.4. The van der Waals surface area contributed by atoms with E-state index in [1.807, 2.05) is 0 Å². The van der Waals surface area contributed by atoms with Gasteiger partial charge >= 0.3 is 6.18 Å². The van der Waals surface area contributed by atoms with Gasteiger partial charge in [-0.2, -0.15) is 18.3 Å². The molecule has 0 fully saturated rings. The Balaban J connectivity index is 1.84. The fourth-order valence-electron chi connectivity index (χ4n) is 2.41. The minimum absolute atomic E-state index is 0.0226. The Morgan fingerprint density at radius 1 is 1.08 bits per heavy atom. The summed E-state index contributed by atoms with van der Waals surface area (Å²) in [5, 5.41) is 6.61. The number of alkyl halides is 3. The van der Waals surface area contributed by atoms with Crippen LogP contribution in [0.3, 0.4) is 0 Å². The van der Waals surface area contributed by atoms with Crippen LogP contribution in [0.2, 0.25) is 0 Å². The van der Waals surface area contributed by atoms with Crippen LogP contribution in [0.25, 0.3) is 11.3 Å². The monoisotopic (exact) mass is 363 g/mol. The van der Waals surface area contributed by atoms with E-state index in [4.69, 9.17) is 0 Å². The molecule has 0 bridgehead atoms. The van der Waals surface area contributed by atoms with Gasteiger partial charge in [0.05, 0.1) is 11.3 Å². The minimum atomic E-state index is -4.50. The van der Waals surface area contributed by atoms with Crippen molar-refractivity contribution in [1.29, 1.82) is 0 Å². The predicted octanol–water partition coefficient (Wildman–Crippen LogP) is 4.50. The zero-order chi connectivity index (χ0) is 18.9. The first kappa shape index (κ1) is 17.7. The van der Waals surface area contributed by atoms with Gasteiger partial charge in [0.15, 0.2) is 0 Å². The Bertz CT molecular complexity index is 946. The number of aryl methyl sites for hydroxylation is 1. The highest BCUT2D eigenvalue weighted by atomic mass is 19.4. The van der Waals surface area contributed by atoms with Crippen molar-refractivity contribution < 1.29 is 22.4 Å². The third kappa shape index (κ3) is 3.74. The lowest BCUT2D eigenvalue weighted by Crippen LogP contribution is -2.16. The number of hydrogen-bond donors (Lipinski definition) is 1. The third-order valence-electron chi connectivity index (χ3n) is 3.70. The smallest absolute Gasteiger partial charge is 0.321 e. The fraction of sp³-hybridized carbons (Fsp3) is 0.111. The summed E-state index contributed by atoms with van der Waals surface area (Å²) in [6.45, 7) is 0. The van der Waals surface area contributed by atoms with Crippen LogP contribution in [0.5, 0.6) is 0 Å². The van der Waals surface area contributed by atoms with Gasteiger partial charge in [-0.25, -0.2) is 4.39 Å².